The zero-order valence-corrected chi connectivity index (χ0v) is 12.7. The molecule has 0 saturated heterocycles. The second-order valence-electron chi connectivity index (χ2n) is 4.42. The number of hydrogen-bond donors (Lipinski definition) is 1. The average Bonchev–Trinajstić information content (AvgIpc) is 3.07. The number of rotatable bonds is 3. The van der Waals surface area contributed by atoms with Crippen molar-refractivity contribution in [2.24, 2.45) is 0 Å². The van der Waals surface area contributed by atoms with Crippen molar-refractivity contribution in [1.29, 1.82) is 0 Å². The Bertz CT molecular complexity index is 759. The quantitative estimate of drug-likeness (QED) is 0.937. The van der Waals surface area contributed by atoms with Gasteiger partial charge >= 0.3 is 5.97 Å². The average molecular weight is 329 g/mol. The van der Waals surface area contributed by atoms with E-state index in [1.807, 2.05) is 11.4 Å². The summed E-state index contributed by atoms with van der Waals surface area (Å²) in [7, 11) is -3.60. The number of carbonyl (C=O) groups is 1. The van der Waals surface area contributed by atoms with Crippen molar-refractivity contribution in [3.8, 4) is 0 Å². The summed E-state index contributed by atoms with van der Waals surface area (Å²) in [5, 5.41) is 12.2. The molecule has 3 heterocycles. The molecule has 106 valence electrons. The molecule has 2 aromatic heterocycles. The van der Waals surface area contributed by atoms with E-state index in [0.717, 1.165) is 16.9 Å². The Balaban J connectivity index is 1.90. The van der Waals surface area contributed by atoms with Gasteiger partial charge in [-0.1, -0.05) is 0 Å². The molecule has 3 rings (SSSR count). The van der Waals surface area contributed by atoms with Crippen LogP contribution in [0.15, 0.2) is 27.1 Å². The lowest BCUT2D eigenvalue weighted by Gasteiger charge is -2.25. The van der Waals surface area contributed by atoms with E-state index in [0.29, 0.717) is 19.5 Å². The maximum Gasteiger partial charge on any atom is 0.336 e. The van der Waals surface area contributed by atoms with Gasteiger partial charge in [0.2, 0.25) is 0 Å². The van der Waals surface area contributed by atoms with Crippen LogP contribution >= 0.6 is 22.7 Å². The zero-order valence-electron chi connectivity index (χ0n) is 10.3. The zero-order chi connectivity index (χ0) is 14.3. The smallest absolute Gasteiger partial charge is 0.336 e. The van der Waals surface area contributed by atoms with E-state index >= 15 is 0 Å². The third-order valence-electron chi connectivity index (χ3n) is 3.19. The van der Waals surface area contributed by atoms with Crippen LogP contribution in [-0.2, 0) is 23.0 Å². The van der Waals surface area contributed by atoms with E-state index < -0.39 is 16.0 Å². The molecule has 1 N–H and O–H groups in total. The monoisotopic (exact) mass is 329 g/mol. The lowest BCUT2D eigenvalue weighted by Crippen LogP contribution is -2.34. The molecular formula is C12H11NO4S3. The SMILES string of the molecule is O=C(O)c1csc(S(=O)(=O)N2CCc3sccc3C2)c1. The molecule has 1 aliphatic rings. The highest BCUT2D eigenvalue weighted by atomic mass is 32.2. The third kappa shape index (κ3) is 2.28. The molecule has 0 aromatic carbocycles. The fraction of sp³-hybridized carbons (Fsp3) is 0.250. The van der Waals surface area contributed by atoms with E-state index in [-0.39, 0.29) is 9.77 Å². The minimum Gasteiger partial charge on any atom is -0.478 e. The molecule has 0 saturated carbocycles. The van der Waals surface area contributed by atoms with Gasteiger partial charge in [0.05, 0.1) is 5.56 Å². The molecule has 0 bridgehead atoms. The van der Waals surface area contributed by atoms with Gasteiger partial charge in [0.1, 0.15) is 4.21 Å². The topological polar surface area (TPSA) is 74.7 Å². The van der Waals surface area contributed by atoms with E-state index in [1.165, 1.54) is 20.6 Å². The molecule has 5 nitrogen and oxygen atoms in total. The molecule has 0 fully saturated rings. The number of carboxylic acid groups (broad SMARTS) is 1. The predicted octanol–water partition coefficient (Wildman–Crippen LogP) is 2.25. The Morgan fingerprint density at radius 3 is 2.85 bits per heavy atom. The number of hydrogen-bond acceptors (Lipinski definition) is 5. The number of aromatic carboxylic acids is 1. The van der Waals surface area contributed by atoms with Crippen LogP contribution in [0.2, 0.25) is 0 Å². The third-order valence-corrected chi connectivity index (χ3v) is 7.47. The lowest BCUT2D eigenvalue weighted by molar-refractivity contribution is 0.0697. The molecule has 0 amide bonds. The number of carboxylic acids is 1. The van der Waals surface area contributed by atoms with E-state index in [2.05, 4.69) is 0 Å². The summed E-state index contributed by atoms with van der Waals surface area (Å²) in [6.45, 7) is 0.803. The second kappa shape index (κ2) is 4.96. The molecule has 8 heteroatoms. The molecule has 2 aromatic rings. The van der Waals surface area contributed by atoms with Gasteiger partial charge in [0.25, 0.3) is 10.0 Å². The number of fused-ring (bicyclic) bond motifs is 1. The Kier molecular flexibility index (Phi) is 3.41. The first-order chi connectivity index (χ1) is 9.48. The van der Waals surface area contributed by atoms with Crippen LogP contribution in [0.25, 0.3) is 0 Å². The Labute approximate surface area is 124 Å². The highest BCUT2D eigenvalue weighted by Gasteiger charge is 2.30. The van der Waals surface area contributed by atoms with Gasteiger partial charge in [-0.2, -0.15) is 4.31 Å². The summed E-state index contributed by atoms with van der Waals surface area (Å²) in [6.07, 6.45) is 0.712. The molecule has 0 unspecified atom stereocenters. The fourth-order valence-electron chi connectivity index (χ4n) is 2.12. The van der Waals surface area contributed by atoms with Gasteiger partial charge in [-0.3, -0.25) is 0 Å². The summed E-state index contributed by atoms with van der Waals surface area (Å²) in [5.41, 5.74) is 1.06. The number of thiophene rings is 2. The van der Waals surface area contributed by atoms with Crippen LogP contribution in [0.5, 0.6) is 0 Å². The van der Waals surface area contributed by atoms with Gasteiger partial charge < -0.3 is 5.11 Å². The minimum atomic E-state index is -3.60. The molecule has 20 heavy (non-hydrogen) atoms. The van der Waals surface area contributed by atoms with Crippen molar-refractivity contribution in [2.45, 2.75) is 17.2 Å². The van der Waals surface area contributed by atoms with Crippen LogP contribution in [0.4, 0.5) is 0 Å². The van der Waals surface area contributed by atoms with E-state index in [4.69, 9.17) is 5.11 Å². The van der Waals surface area contributed by atoms with Gasteiger partial charge in [-0.15, -0.1) is 22.7 Å². The van der Waals surface area contributed by atoms with Crippen LogP contribution in [0.1, 0.15) is 20.8 Å². The summed E-state index contributed by atoms with van der Waals surface area (Å²) >= 11 is 2.60. The van der Waals surface area contributed by atoms with Crippen LogP contribution in [-0.4, -0.2) is 30.3 Å². The Hall–Kier alpha value is -1.22. The van der Waals surface area contributed by atoms with Crippen LogP contribution < -0.4 is 0 Å². The highest BCUT2D eigenvalue weighted by molar-refractivity contribution is 7.91. The van der Waals surface area contributed by atoms with Gasteiger partial charge in [-0.25, -0.2) is 13.2 Å². The molecule has 0 aliphatic carbocycles. The summed E-state index contributed by atoms with van der Waals surface area (Å²) in [4.78, 5) is 12.1. The van der Waals surface area contributed by atoms with Crippen molar-refractivity contribution in [3.05, 3.63) is 38.9 Å². The number of sulfonamides is 1. The maximum absolute atomic E-state index is 12.5. The number of nitrogens with zero attached hydrogens (tertiary/aromatic N) is 1. The van der Waals surface area contributed by atoms with Crippen molar-refractivity contribution in [2.75, 3.05) is 6.54 Å². The second-order valence-corrected chi connectivity index (χ2v) is 8.49. The van der Waals surface area contributed by atoms with Crippen molar-refractivity contribution in [3.63, 3.8) is 0 Å². The maximum atomic E-state index is 12.5. The van der Waals surface area contributed by atoms with Crippen molar-refractivity contribution < 1.29 is 18.3 Å². The first-order valence-corrected chi connectivity index (χ1v) is 9.05. The predicted molar refractivity (Wildman–Crippen MR) is 76.9 cm³/mol. The first kappa shape index (κ1) is 13.7. The van der Waals surface area contributed by atoms with Gasteiger partial charge in [0.15, 0.2) is 0 Å². The molecule has 0 atom stereocenters. The summed E-state index contributed by atoms with van der Waals surface area (Å²) in [5.74, 6) is -1.11. The highest BCUT2D eigenvalue weighted by Crippen LogP contribution is 2.30. The standard InChI is InChI=1S/C12H11NO4S3/c14-12(15)9-5-11(19-7-9)20(16,17)13-3-1-10-8(6-13)2-4-18-10/h2,4-5,7H,1,3,6H2,(H,14,15). The summed E-state index contributed by atoms with van der Waals surface area (Å²) in [6, 6.07) is 3.17. The minimum absolute atomic E-state index is 0.0156. The Morgan fingerprint density at radius 2 is 2.15 bits per heavy atom. The Morgan fingerprint density at radius 1 is 1.35 bits per heavy atom. The van der Waals surface area contributed by atoms with E-state index in [9.17, 15) is 13.2 Å². The fourth-order valence-corrected chi connectivity index (χ4v) is 5.73. The van der Waals surface area contributed by atoms with Crippen molar-refractivity contribution in [1.82, 2.24) is 4.31 Å². The van der Waals surface area contributed by atoms with Crippen molar-refractivity contribution >= 4 is 38.7 Å². The molecule has 0 radical (unpaired) electrons. The van der Waals surface area contributed by atoms with Gasteiger partial charge in [-0.05, 0) is 29.5 Å². The first-order valence-electron chi connectivity index (χ1n) is 5.86. The molecule has 0 spiro atoms. The van der Waals surface area contributed by atoms with Crippen LogP contribution in [0, 0.1) is 0 Å². The largest absolute Gasteiger partial charge is 0.478 e. The molecule has 1 aliphatic heterocycles. The summed E-state index contributed by atoms with van der Waals surface area (Å²) < 4.78 is 26.5. The van der Waals surface area contributed by atoms with Crippen LogP contribution in [0.3, 0.4) is 0 Å². The lowest BCUT2D eigenvalue weighted by atomic mass is 10.1. The van der Waals surface area contributed by atoms with E-state index in [1.54, 1.807) is 11.3 Å². The molecular weight excluding hydrogens is 318 g/mol. The van der Waals surface area contributed by atoms with Gasteiger partial charge in [0, 0.05) is 23.3 Å². The normalized spacial score (nSPS) is 16.0.